The summed E-state index contributed by atoms with van der Waals surface area (Å²) in [7, 11) is 2.11. The third-order valence-corrected chi connectivity index (χ3v) is 2.58. The van der Waals surface area contributed by atoms with E-state index in [1.165, 1.54) is 5.56 Å². The molecular formula is C11H13NO. The molecule has 0 radical (unpaired) electrons. The van der Waals surface area contributed by atoms with E-state index in [1.54, 1.807) is 0 Å². The zero-order valence-electron chi connectivity index (χ0n) is 7.73. The first-order valence-electron chi connectivity index (χ1n) is 4.53. The number of nitrogens with zero attached hydrogens (tertiary/aromatic N) is 1. The topological polar surface area (TPSA) is 20.3 Å². The first kappa shape index (κ1) is 8.45. The molecule has 0 spiro atoms. The van der Waals surface area contributed by atoms with Gasteiger partial charge in [0.1, 0.15) is 6.29 Å². The van der Waals surface area contributed by atoms with E-state index in [0.29, 0.717) is 5.92 Å². The highest BCUT2D eigenvalue weighted by molar-refractivity contribution is 5.75. The van der Waals surface area contributed by atoms with Crippen LogP contribution in [-0.4, -0.2) is 31.3 Å². The van der Waals surface area contributed by atoms with E-state index in [4.69, 9.17) is 0 Å². The van der Waals surface area contributed by atoms with Crippen molar-refractivity contribution in [2.24, 2.45) is 0 Å². The minimum Gasteiger partial charge on any atom is -0.305 e. The maximum absolute atomic E-state index is 10.5. The average molecular weight is 175 g/mol. The Bertz CT molecular complexity index is 316. The molecule has 68 valence electrons. The summed E-state index contributed by atoms with van der Waals surface area (Å²) < 4.78 is 0. The Hall–Kier alpha value is -1.15. The van der Waals surface area contributed by atoms with E-state index in [-0.39, 0.29) is 0 Å². The van der Waals surface area contributed by atoms with Gasteiger partial charge in [0.25, 0.3) is 0 Å². The Labute approximate surface area is 78.2 Å². The second-order valence-corrected chi connectivity index (χ2v) is 3.71. The Kier molecular flexibility index (Phi) is 2.15. The van der Waals surface area contributed by atoms with Gasteiger partial charge in [-0.3, -0.25) is 4.79 Å². The molecule has 13 heavy (non-hydrogen) atoms. The highest BCUT2D eigenvalue weighted by atomic mass is 16.1. The van der Waals surface area contributed by atoms with Crippen molar-refractivity contribution >= 4 is 6.29 Å². The molecule has 2 nitrogen and oxygen atoms in total. The number of benzene rings is 1. The Morgan fingerprint density at radius 3 is 2.85 bits per heavy atom. The predicted octanol–water partition coefficient (Wildman–Crippen LogP) is 1.53. The molecule has 0 aliphatic carbocycles. The number of rotatable bonds is 2. The number of likely N-dealkylation sites (N-methyl/N-ethyl adjacent to an activating group) is 1. The third-order valence-electron chi connectivity index (χ3n) is 2.58. The minimum absolute atomic E-state index is 0.630. The quantitative estimate of drug-likeness (QED) is 0.635. The summed E-state index contributed by atoms with van der Waals surface area (Å²) in [6, 6.07) is 7.89. The molecule has 1 saturated heterocycles. The second kappa shape index (κ2) is 3.30. The van der Waals surface area contributed by atoms with Crippen LogP contribution >= 0.6 is 0 Å². The number of hydrogen-bond donors (Lipinski definition) is 0. The molecule has 1 aliphatic heterocycles. The Balaban J connectivity index is 2.16. The Morgan fingerprint density at radius 2 is 2.23 bits per heavy atom. The molecule has 0 saturated carbocycles. The fraction of sp³-hybridized carbons (Fsp3) is 0.364. The van der Waals surface area contributed by atoms with Gasteiger partial charge < -0.3 is 4.90 Å². The van der Waals surface area contributed by atoms with E-state index in [2.05, 4.69) is 18.0 Å². The molecule has 1 aromatic carbocycles. The van der Waals surface area contributed by atoms with Gasteiger partial charge in [-0.05, 0) is 18.7 Å². The molecular weight excluding hydrogens is 162 g/mol. The molecule has 0 aromatic heterocycles. The van der Waals surface area contributed by atoms with Crippen LogP contribution in [0.4, 0.5) is 0 Å². The largest absolute Gasteiger partial charge is 0.305 e. The first-order chi connectivity index (χ1) is 6.29. The summed E-state index contributed by atoms with van der Waals surface area (Å²) in [4.78, 5) is 12.8. The summed E-state index contributed by atoms with van der Waals surface area (Å²) >= 11 is 0. The number of carbonyl (C=O) groups is 1. The van der Waals surface area contributed by atoms with E-state index in [1.807, 2.05) is 18.2 Å². The molecule has 0 unspecified atom stereocenters. The van der Waals surface area contributed by atoms with Crippen LogP contribution in [0, 0.1) is 0 Å². The van der Waals surface area contributed by atoms with Gasteiger partial charge in [-0.1, -0.05) is 18.2 Å². The first-order valence-corrected chi connectivity index (χ1v) is 4.53. The van der Waals surface area contributed by atoms with Gasteiger partial charge in [0.2, 0.25) is 0 Å². The molecule has 2 heteroatoms. The smallest absolute Gasteiger partial charge is 0.150 e. The van der Waals surface area contributed by atoms with Crippen LogP contribution in [0.2, 0.25) is 0 Å². The number of aldehydes is 1. The molecule has 1 aromatic rings. The van der Waals surface area contributed by atoms with Crippen LogP contribution in [0.1, 0.15) is 21.8 Å². The lowest BCUT2D eigenvalue weighted by molar-refractivity contribution is 0.112. The molecule has 2 rings (SSSR count). The van der Waals surface area contributed by atoms with Crippen LogP contribution in [0.25, 0.3) is 0 Å². The van der Waals surface area contributed by atoms with Gasteiger partial charge in [-0.25, -0.2) is 0 Å². The van der Waals surface area contributed by atoms with Crippen molar-refractivity contribution in [1.29, 1.82) is 0 Å². The molecule has 1 fully saturated rings. The Morgan fingerprint density at radius 1 is 1.46 bits per heavy atom. The monoisotopic (exact) mass is 175 g/mol. The van der Waals surface area contributed by atoms with Crippen LogP contribution in [0.3, 0.4) is 0 Å². The van der Waals surface area contributed by atoms with Crippen molar-refractivity contribution in [3.8, 4) is 0 Å². The molecule has 0 N–H and O–H groups in total. The maximum Gasteiger partial charge on any atom is 0.150 e. The molecule has 0 amide bonds. The van der Waals surface area contributed by atoms with E-state index in [0.717, 1.165) is 24.9 Å². The summed E-state index contributed by atoms with van der Waals surface area (Å²) in [6.07, 6.45) is 0.909. The average Bonchev–Trinajstić information content (AvgIpc) is 2.13. The molecule has 0 atom stereocenters. The van der Waals surface area contributed by atoms with E-state index >= 15 is 0 Å². The lowest BCUT2D eigenvalue weighted by atomic mass is 9.91. The zero-order valence-corrected chi connectivity index (χ0v) is 7.73. The van der Waals surface area contributed by atoms with Gasteiger partial charge >= 0.3 is 0 Å². The number of carbonyl (C=O) groups excluding carboxylic acids is 1. The van der Waals surface area contributed by atoms with Crippen molar-refractivity contribution < 1.29 is 4.79 Å². The summed E-state index contributed by atoms with van der Waals surface area (Å²) in [5.74, 6) is 0.630. The highest BCUT2D eigenvalue weighted by Crippen LogP contribution is 2.25. The van der Waals surface area contributed by atoms with Gasteiger partial charge in [0, 0.05) is 24.6 Å². The summed E-state index contributed by atoms with van der Waals surface area (Å²) in [5.41, 5.74) is 2.08. The maximum atomic E-state index is 10.5. The van der Waals surface area contributed by atoms with Crippen molar-refractivity contribution in [1.82, 2.24) is 4.90 Å². The van der Waals surface area contributed by atoms with Gasteiger partial charge in [-0.2, -0.15) is 0 Å². The molecule has 1 heterocycles. The predicted molar refractivity (Wildman–Crippen MR) is 52.1 cm³/mol. The lowest BCUT2D eigenvalue weighted by Crippen LogP contribution is -2.41. The third kappa shape index (κ3) is 1.63. The molecule has 0 bridgehead atoms. The van der Waals surface area contributed by atoms with Gasteiger partial charge in [-0.15, -0.1) is 0 Å². The normalized spacial score (nSPS) is 18.2. The SMILES string of the molecule is CN1CC(c2cccc(C=O)c2)C1. The van der Waals surface area contributed by atoms with Gasteiger partial charge in [0.15, 0.2) is 0 Å². The fourth-order valence-corrected chi connectivity index (χ4v) is 1.80. The van der Waals surface area contributed by atoms with Gasteiger partial charge in [0.05, 0.1) is 0 Å². The van der Waals surface area contributed by atoms with Crippen LogP contribution in [0.15, 0.2) is 24.3 Å². The lowest BCUT2D eigenvalue weighted by Gasteiger charge is -2.36. The standard InChI is InChI=1S/C11H13NO/c1-12-6-11(7-12)10-4-2-3-9(5-10)8-13/h2-5,8,11H,6-7H2,1H3. The van der Waals surface area contributed by atoms with E-state index < -0.39 is 0 Å². The second-order valence-electron chi connectivity index (χ2n) is 3.71. The van der Waals surface area contributed by atoms with Crippen molar-refractivity contribution in [2.75, 3.05) is 20.1 Å². The minimum atomic E-state index is 0.630. The van der Waals surface area contributed by atoms with Crippen LogP contribution < -0.4 is 0 Å². The van der Waals surface area contributed by atoms with Crippen LogP contribution in [0.5, 0.6) is 0 Å². The number of hydrogen-bond acceptors (Lipinski definition) is 2. The highest BCUT2D eigenvalue weighted by Gasteiger charge is 2.24. The summed E-state index contributed by atoms with van der Waals surface area (Å²) in [5, 5.41) is 0. The van der Waals surface area contributed by atoms with Crippen LogP contribution in [-0.2, 0) is 0 Å². The van der Waals surface area contributed by atoms with Crippen molar-refractivity contribution in [2.45, 2.75) is 5.92 Å². The fourth-order valence-electron chi connectivity index (χ4n) is 1.80. The van der Waals surface area contributed by atoms with E-state index in [9.17, 15) is 4.79 Å². The summed E-state index contributed by atoms with van der Waals surface area (Å²) in [6.45, 7) is 2.23. The van der Waals surface area contributed by atoms with Crippen molar-refractivity contribution in [3.63, 3.8) is 0 Å². The number of likely N-dealkylation sites (tertiary alicyclic amines) is 1. The van der Waals surface area contributed by atoms with Crippen molar-refractivity contribution in [3.05, 3.63) is 35.4 Å². The molecule has 1 aliphatic rings. The zero-order chi connectivity index (χ0) is 9.26.